The molecule has 4 nitrogen and oxygen atoms in total. The maximum Gasteiger partial charge on any atom is 0.231 e. The van der Waals surface area contributed by atoms with Gasteiger partial charge in [-0.25, -0.2) is 0 Å². The van der Waals surface area contributed by atoms with Crippen molar-refractivity contribution in [2.45, 2.75) is 32.2 Å². The molecule has 1 aliphatic heterocycles. The molecule has 2 N–H and O–H groups in total. The van der Waals surface area contributed by atoms with Crippen molar-refractivity contribution in [2.24, 2.45) is 0 Å². The molecule has 0 saturated heterocycles. The van der Waals surface area contributed by atoms with Crippen LogP contribution in [0.1, 0.15) is 25.3 Å². The molecule has 0 spiro atoms. The number of aryl methyl sites for hydroxylation is 1. The van der Waals surface area contributed by atoms with E-state index in [1.54, 1.807) is 0 Å². The number of rotatable bonds is 7. The molecular formula is C14H21NO3. The van der Waals surface area contributed by atoms with Crippen LogP contribution in [0.3, 0.4) is 0 Å². The first kappa shape index (κ1) is 13.2. The topological polar surface area (TPSA) is 50.7 Å². The Morgan fingerprint density at radius 3 is 3.00 bits per heavy atom. The van der Waals surface area contributed by atoms with Crippen molar-refractivity contribution >= 4 is 0 Å². The third kappa shape index (κ3) is 3.62. The van der Waals surface area contributed by atoms with Crippen molar-refractivity contribution in [1.29, 1.82) is 0 Å². The van der Waals surface area contributed by atoms with Gasteiger partial charge in [-0.15, -0.1) is 0 Å². The van der Waals surface area contributed by atoms with Crippen molar-refractivity contribution < 1.29 is 14.6 Å². The SMILES string of the molecule is CC(CCc1ccc2c(c1)OCO2)NCCCO. The molecule has 4 heteroatoms. The van der Waals surface area contributed by atoms with Gasteiger partial charge in [-0.1, -0.05) is 6.07 Å². The molecule has 0 radical (unpaired) electrons. The summed E-state index contributed by atoms with van der Waals surface area (Å²) in [5, 5.41) is 12.1. The molecule has 0 amide bonds. The lowest BCUT2D eigenvalue weighted by atomic mass is 10.1. The Hall–Kier alpha value is -1.26. The first-order valence-corrected chi connectivity index (χ1v) is 6.52. The largest absolute Gasteiger partial charge is 0.454 e. The fraction of sp³-hybridized carbons (Fsp3) is 0.571. The maximum atomic E-state index is 8.71. The lowest BCUT2D eigenvalue weighted by Gasteiger charge is -2.13. The number of benzene rings is 1. The van der Waals surface area contributed by atoms with E-state index in [-0.39, 0.29) is 6.61 Å². The van der Waals surface area contributed by atoms with Gasteiger partial charge in [-0.05, 0) is 50.4 Å². The molecule has 18 heavy (non-hydrogen) atoms. The van der Waals surface area contributed by atoms with Gasteiger partial charge in [-0.3, -0.25) is 0 Å². The van der Waals surface area contributed by atoms with Crippen LogP contribution in [0.4, 0.5) is 0 Å². The normalized spacial score (nSPS) is 14.8. The summed E-state index contributed by atoms with van der Waals surface area (Å²) >= 11 is 0. The zero-order valence-corrected chi connectivity index (χ0v) is 10.8. The molecule has 1 unspecified atom stereocenters. The molecule has 1 aromatic carbocycles. The van der Waals surface area contributed by atoms with Crippen LogP contribution in [-0.4, -0.2) is 31.1 Å². The van der Waals surface area contributed by atoms with E-state index >= 15 is 0 Å². The Balaban J connectivity index is 1.76. The molecule has 2 rings (SSSR count). The quantitative estimate of drug-likeness (QED) is 0.724. The Labute approximate surface area is 108 Å². The summed E-state index contributed by atoms with van der Waals surface area (Å²) in [5.74, 6) is 1.70. The standard InChI is InChI=1S/C14H21NO3/c1-11(15-7-2-8-16)3-4-12-5-6-13-14(9-12)18-10-17-13/h5-6,9,11,15-16H,2-4,7-8,10H2,1H3. The third-order valence-electron chi connectivity index (χ3n) is 3.13. The van der Waals surface area contributed by atoms with Crippen molar-refractivity contribution in [2.75, 3.05) is 19.9 Å². The fourth-order valence-electron chi connectivity index (χ4n) is 2.01. The van der Waals surface area contributed by atoms with Crippen molar-refractivity contribution in [3.63, 3.8) is 0 Å². The molecule has 1 heterocycles. The molecule has 0 aliphatic carbocycles. The summed E-state index contributed by atoms with van der Waals surface area (Å²) in [6, 6.07) is 6.58. The van der Waals surface area contributed by atoms with Crippen LogP contribution in [-0.2, 0) is 6.42 Å². The summed E-state index contributed by atoms with van der Waals surface area (Å²) in [6.45, 7) is 3.63. The Kier molecular flexibility index (Phi) is 4.84. The van der Waals surface area contributed by atoms with E-state index in [4.69, 9.17) is 14.6 Å². The Bertz CT molecular complexity index is 381. The summed E-state index contributed by atoms with van der Waals surface area (Å²) in [6.07, 6.45) is 2.91. The number of aliphatic hydroxyl groups is 1. The van der Waals surface area contributed by atoms with Crippen LogP contribution < -0.4 is 14.8 Å². The maximum absolute atomic E-state index is 8.71. The number of hydrogen-bond donors (Lipinski definition) is 2. The second-order valence-corrected chi connectivity index (χ2v) is 4.66. The molecule has 0 saturated carbocycles. The molecule has 0 bridgehead atoms. The molecule has 1 aromatic rings. The van der Waals surface area contributed by atoms with Crippen molar-refractivity contribution in [3.05, 3.63) is 23.8 Å². The number of aliphatic hydroxyl groups excluding tert-OH is 1. The minimum absolute atomic E-state index is 0.252. The minimum atomic E-state index is 0.252. The second-order valence-electron chi connectivity index (χ2n) is 4.66. The van der Waals surface area contributed by atoms with Crippen LogP contribution in [0.25, 0.3) is 0 Å². The zero-order chi connectivity index (χ0) is 12.8. The Morgan fingerprint density at radius 2 is 2.17 bits per heavy atom. The monoisotopic (exact) mass is 251 g/mol. The van der Waals surface area contributed by atoms with Gasteiger partial charge < -0.3 is 19.9 Å². The van der Waals surface area contributed by atoms with Gasteiger partial charge in [0.2, 0.25) is 6.79 Å². The third-order valence-corrected chi connectivity index (χ3v) is 3.13. The van der Waals surface area contributed by atoms with Crippen LogP contribution >= 0.6 is 0 Å². The van der Waals surface area contributed by atoms with Crippen LogP contribution in [0.5, 0.6) is 11.5 Å². The first-order valence-electron chi connectivity index (χ1n) is 6.52. The van der Waals surface area contributed by atoms with E-state index in [1.165, 1.54) is 5.56 Å². The van der Waals surface area contributed by atoms with Gasteiger partial charge in [0.1, 0.15) is 0 Å². The van der Waals surface area contributed by atoms with Gasteiger partial charge in [-0.2, -0.15) is 0 Å². The summed E-state index contributed by atoms with van der Waals surface area (Å²) in [4.78, 5) is 0. The van der Waals surface area contributed by atoms with Crippen LogP contribution in [0.15, 0.2) is 18.2 Å². The molecule has 0 fully saturated rings. The summed E-state index contributed by atoms with van der Waals surface area (Å²) in [7, 11) is 0. The van der Waals surface area contributed by atoms with E-state index in [9.17, 15) is 0 Å². The van der Waals surface area contributed by atoms with E-state index in [0.29, 0.717) is 12.8 Å². The van der Waals surface area contributed by atoms with E-state index in [1.807, 2.05) is 6.07 Å². The fourth-order valence-corrected chi connectivity index (χ4v) is 2.01. The summed E-state index contributed by atoms with van der Waals surface area (Å²) in [5.41, 5.74) is 1.27. The molecule has 1 aliphatic rings. The van der Waals surface area contributed by atoms with Crippen LogP contribution in [0, 0.1) is 0 Å². The average Bonchev–Trinajstić information content (AvgIpc) is 2.84. The highest BCUT2D eigenvalue weighted by Crippen LogP contribution is 2.32. The lowest BCUT2D eigenvalue weighted by molar-refractivity contribution is 0.174. The highest BCUT2D eigenvalue weighted by atomic mass is 16.7. The van der Waals surface area contributed by atoms with E-state index in [2.05, 4.69) is 24.4 Å². The molecular weight excluding hydrogens is 230 g/mol. The predicted molar refractivity (Wildman–Crippen MR) is 70.1 cm³/mol. The van der Waals surface area contributed by atoms with E-state index < -0.39 is 0 Å². The zero-order valence-electron chi connectivity index (χ0n) is 10.8. The first-order chi connectivity index (χ1) is 8.79. The van der Waals surface area contributed by atoms with Gasteiger partial charge in [0.15, 0.2) is 11.5 Å². The smallest absolute Gasteiger partial charge is 0.231 e. The number of nitrogens with one attached hydrogen (secondary N) is 1. The summed E-state index contributed by atoms with van der Waals surface area (Å²) < 4.78 is 10.6. The second kappa shape index (κ2) is 6.61. The van der Waals surface area contributed by atoms with Gasteiger partial charge in [0, 0.05) is 12.6 Å². The molecule has 0 aromatic heterocycles. The number of ether oxygens (including phenoxy) is 2. The highest BCUT2D eigenvalue weighted by Gasteiger charge is 2.13. The highest BCUT2D eigenvalue weighted by molar-refractivity contribution is 5.44. The van der Waals surface area contributed by atoms with Crippen LogP contribution in [0.2, 0.25) is 0 Å². The number of hydrogen-bond acceptors (Lipinski definition) is 4. The van der Waals surface area contributed by atoms with Gasteiger partial charge >= 0.3 is 0 Å². The Morgan fingerprint density at radius 1 is 1.33 bits per heavy atom. The number of fused-ring (bicyclic) bond motifs is 1. The minimum Gasteiger partial charge on any atom is -0.454 e. The predicted octanol–water partition coefficient (Wildman–Crippen LogP) is 1.71. The average molecular weight is 251 g/mol. The van der Waals surface area contributed by atoms with Crippen molar-refractivity contribution in [3.8, 4) is 11.5 Å². The van der Waals surface area contributed by atoms with Crippen molar-refractivity contribution in [1.82, 2.24) is 5.32 Å². The molecule has 1 atom stereocenters. The van der Waals surface area contributed by atoms with Gasteiger partial charge in [0.25, 0.3) is 0 Å². The molecule has 100 valence electrons. The lowest BCUT2D eigenvalue weighted by Crippen LogP contribution is -2.27. The van der Waals surface area contributed by atoms with E-state index in [0.717, 1.165) is 37.3 Å². The van der Waals surface area contributed by atoms with Gasteiger partial charge in [0.05, 0.1) is 0 Å².